The maximum Gasteiger partial charge on any atom is 0.0926 e. The van der Waals surface area contributed by atoms with Gasteiger partial charge in [0.2, 0.25) is 0 Å². The fourth-order valence-electron chi connectivity index (χ4n) is 2.41. The highest BCUT2D eigenvalue weighted by atomic mass is 16.5. The van der Waals surface area contributed by atoms with Gasteiger partial charge in [0, 0.05) is 24.3 Å². The molecule has 1 saturated heterocycles. The summed E-state index contributed by atoms with van der Waals surface area (Å²) < 4.78 is 5.92. The molecule has 2 heterocycles. The Bertz CT molecular complexity index is 428. The number of likely N-dealkylation sites (N-methyl/N-ethyl adjacent to an activating group) is 1. The quantitative estimate of drug-likeness (QED) is 0.917. The number of hydrogen-bond acceptors (Lipinski definition) is 4. The van der Waals surface area contributed by atoms with Crippen molar-refractivity contribution in [2.45, 2.75) is 45.3 Å². The van der Waals surface area contributed by atoms with Crippen LogP contribution in [-0.2, 0) is 4.74 Å². The van der Waals surface area contributed by atoms with E-state index in [0.717, 1.165) is 25.4 Å². The fraction of sp³-hybridized carbons (Fsp3) is 0.688. The zero-order chi connectivity index (χ0) is 14.8. The molecule has 0 radical (unpaired) electrons. The van der Waals surface area contributed by atoms with Crippen LogP contribution in [0.3, 0.4) is 0 Å². The summed E-state index contributed by atoms with van der Waals surface area (Å²) in [5, 5.41) is 3.34. The maximum absolute atomic E-state index is 5.92. The molecule has 20 heavy (non-hydrogen) atoms. The molecule has 1 aromatic heterocycles. The number of rotatable bonds is 4. The van der Waals surface area contributed by atoms with Gasteiger partial charge < -0.3 is 15.0 Å². The highest BCUT2D eigenvalue weighted by molar-refractivity contribution is 5.45. The van der Waals surface area contributed by atoms with Crippen LogP contribution in [0, 0.1) is 0 Å². The second kappa shape index (κ2) is 6.10. The van der Waals surface area contributed by atoms with Crippen molar-refractivity contribution in [2.75, 3.05) is 31.6 Å². The second-order valence-corrected chi connectivity index (χ2v) is 6.37. The van der Waals surface area contributed by atoms with Crippen molar-refractivity contribution >= 4 is 5.69 Å². The Labute approximate surface area is 122 Å². The van der Waals surface area contributed by atoms with E-state index < -0.39 is 0 Å². The summed E-state index contributed by atoms with van der Waals surface area (Å²) in [6, 6.07) is 4.31. The van der Waals surface area contributed by atoms with Crippen LogP contribution in [0.5, 0.6) is 0 Å². The van der Waals surface area contributed by atoms with Crippen molar-refractivity contribution in [3.63, 3.8) is 0 Å². The van der Waals surface area contributed by atoms with Gasteiger partial charge in [0.1, 0.15) is 0 Å². The third-order valence-corrected chi connectivity index (χ3v) is 4.24. The Balaban J connectivity index is 2.09. The first-order valence-electron chi connectivity index (χ1n) is 7.45. The summed E-state index contributed by atoms with van der Waals surface area (Å²) in [5.74, 6) is 0.477. The lowest BCUT2D eigenvalue weighted by Gasteiger charge is -2.42. The first-order valence-corrected chi connectivity index (χ1v) is 7.45. The van der Waals surface area contributed by atoms with E-state index in [-0.39, 0.29) is 11.6 Å². The Morgan fingerprint density at radius 3 is 2.70 bits per heavy atom. The molecule has 0 saturated carbocycles. The Kier molecular flexibility index (Phi) is 4.66. The summed E-state index contributed by atoms with van der Waals surface area (Å²) in [7, 11) is 1.99. The SMILES string of the molecule is CNC(C)(C)[C@H]1CN(c2ccc(C(C)C)nc2)CCO1. The minimum atomic E-state index is -0.0238. The molecule has 1 aliphatic rings. The van der Waals surface area contributed by atoms with Crippen LogP contribution < -0.4 is 10.2 Å². The molecule has 1 fully saturated rings. The predicted octanol–water partition coefficient (Wildman–Crippen LogP) is 2.41. The smallest absolute Gasteiger partial charge is 0.0926 e. The molecule has 0 unspecified atom stereocenters. The summed E-state index contributed by atoms with van der Waals surface area (Å²) >= 11 is 0. The number of ether oxygens (including phenoxy) is 1. The summed E-state index contributed by atoms with van der Waals surface area (Å²) in [4.78, 5) is 6.93. The minimum Gasteiger partial charge on any atom is -0.373 e. The first-order chi connectivity index (χ1) is 9.44. The van der Waals surface area contributed by atoms with E-state index in [1.807, 2.05) is 13.2 Å². The largest absolute Gasteiger partial charge is 0.373 e. The molecule has 2 rings (SSSR count). The van der Waals surface area contributed by atoms with Crippen molar-refractivity contribution in [3.8, 4) is 0 Å². The predicted molar refractivity (Wildman–Crippen MR) is 83.4 cm³/mol. The maximum atomic E-state index is 5.92. The van der Waals surface area contributed by atoms with Gasteiger partial charge in [0.15, 0.2) is 0 Å². The van der Waals surface area contributed by atoms with Crippen LogP contribution >= 0.6 is 0 Å². The number of anilines is 1. The van der Waals surface area contributed by atoms with Crippen LogP contribution in [0.2, 0.25) is 0 Å². The van der Waals surface area contributed by atoms with Crippen molar-refractivity contribution < 1.29 is 4.74 Å². The van der Waals surface area contributed by atoms with Gasteiger partial charge in [-0.2, -0.15) is 0 Å². The third-order valence-electron chi connectivity index (χ3n) is 4.24. The zero-order valence-electron chi connectivity index (χ0n) is 13.3. The molecule has 1 aromatic rings. The molecule has 0 bridgehead atoms. The summed E-state index contributed by atoms with van der Waals surface area (Å²) in [6.45, 7) is 11.3. The molecular weight excluding hydrogens is 250 g/mol. The van der Waals surface area contributed by atoms with Gasteiger partial charge in [-0.3, -0.25) is 4.98 Å². The summed E-state index contributed by atoms with van der Waals surface area (Å²) in [6.07, 6.45) is 2.18. The molecule has 1 aliphatic heterocycles. The van der Waals surface area contributed by atoms with Crippen molar-refractivity contribution in [3.05, 3.63) is 24.0 Å². The van der Waals surface area contributed by atoms with Gasteiger partial charge in [-0.15, -0.1) is 0 Å². The van der Waals surface area contributed by atoms with E-state index in [2.05, 4.69) is 55.0 Å². The number of hydrogen-bond donors (Lipinski definition) is 1. The molecule has 0 spiro atoms. The van der Waals surface area contributed by atoms with E-state index in [9.17, 15) is 0 Å². The molecule has 4 heteroatoms. The lowest BCUT2D eigenvalue weighted by molar-refractivity contribution is -0.0103. The van der Waals surface area contributed by atoms with E-state index in [4.69, 9.17) is 4.74 Å². The molecular formula is C16H27N3O. The average Bonchev–Trinajstić information content (AvgIpc) is 2.47. The highest BCUT2D eigenvalue weighted by Crippen LogP contribution is 2.23. The Hall–Kier alpha value is -1.13. The van der Waals surface area contributed by atoms with E-state index >= 15 is 0 Å². The molecule has 0 aromatic carbocycles. The normalized spacial score (nSPS) is 20.5. The molecule has 112 valence electrons. The number of aromatic nitrogens is 1. The van der Waals surface area contributed by atoms with Crippen molar-refractivity contribution in [2.24, 2.45) is 0 Å². The van der Waals surface area contributed by atoms with Gasteiger partial charge in [0.25, 0.3) is 0 Å². The number of nitrogens with one attached hydrogen (secondary N) is 1. The van der Waals surface area contributed by atoms with Gasteiger partial charge in [-0.1, -0.05) is 13.8 Å². The van der Waals surface area contributed by atoms with Crippen LogP contribution in [-0.4, -0.2) is 43.4 Å². The standard InChI is InChI=1S/C16H27N3O/c1-12(2)14-7-6-13(10-18-14)19-8-9-20-15(11-19)16(3,4)17-5/h6-7,10,12,15,17H,8-9,11H2,1-5H3/t15-/m1/s1. The lowest BCUT2D eigenvalue weighted by atomic mass is 9.96. The minimum absolute atomic E-state index is 0.0238. The zero-order valence-corrected chi connectivity index (χ0v) is 13.3. The van der Waals surface area contributed by atoms with Crippen LogP contribution in [0.1, 0.15) is 39.3 Å². The molecule has 1 N–H and O–H groups in total. The lowest BCUT2D eigenvalue weighted by Crippen LogP contribution is -2.57. The van der Waals surface area contributed by atoms with Crippen LogP contribution in [0.15, 0.2) is 18.3 Å². The Morgan fingerprint density at radius 1 is 1.40 bits per heavy atom. The van der Waals surface area contributed by atoms with Gasteiger partial charge >= 0.3 is 0 Å². The second-order valence-electron chi connectivity index (χ2n) is 6.37. The number of morpholine rings is 1. The van der Waals surface area contributed by atoms with Gasteiger partial charge in [-0.05, 0) is 38.9 Å². The van der Waals surface area contributed by atoms with E-state index in [0.29, 0.717) is 5.92 Å². The van der Waals surface area contributed by atoms with Crippen LogP contribution in [0.25, 0.3) is 0 Å². The molecule has 0 aliphatic carbocycles. The first kappa shape index (κ1) is 15.3. The third kappa shape index (κ3) is 3.30. The fourth-order valence-corrected chi connectivity index (χ4v) is 2.41. The van der Waals surface area contributed by atoms with Crippen LogP contribution in [0.4, 0.5) is 5.69 Å². The molecule has 0 amide bonds. The number of pyridine rings is 1. The van der Waals surface area contributed by atoms with Gasteiger partial charge in [0.05, 0.1) is 24.6 Å². The number of nitrogens with zero attached hydrogens (tertiary/aromatic N) is 2. The molecule has 1 atom stereocenters. The highest BCUT2D eigenvalue weighted by Gasteiger charge is 2.33. The summed E-state index contributed by atoms with van der Waals surface area (Å²) in [5.41, 5.74) is 2.31. The monoisotopic (exact) mass is 277 g/mol. The van der Waals surface area contributed by atoms with Gasteiger partial charge in [-0.25, -0.2) is 0 Å². The average molecular weight is 277 g/mol. The van der Waals surface area contributed by atoms with Crippen molar-refractivity contribution in [1.82, 2.24) is 10.3 Å². The van der Waals surface area contributed by atoms with Crippen molar-refractivity contribution in [1.29, 1.82) is 0 Å². The molecule has 4 nitrogen and oxygen atoms in total. The van der Waals surface area contributed by atoms with E-state index in [1.54, 1.807) is 0 Å². The van der Waals surface area contributed by atoms with E-state index in [1.165, 1.54) is 5.69 Å². The Morgan fingerprint density at radius 2 is 2.15 bits per heavy atom. The topological polar surface area (TPSA) is 37.4 Å².